The summed E-state index contributed by atoms with van der Waals surface area (Å²) in [6.45, 7) is -11.2. The number of hydrogen-bond acceptors (Lipinski definition) is 2. The maximum atomic E-state index is 10.1. The SMILES string of the molecule is [2H]c1c([2H])c([2H])c(-c2cccc(-c3c([2H])c([2H])c([2H])c([2H])c3[2H])c2-[n+]2[c-]n(-c3[c-]c(Oc4[c-]c5c(cc4)c4ccccc4n5-c4cc(C(C)(C)C)ccn4)ccc3)c3ccc(-c4c([2H])c([2H])c5c(c4[2H])C(C([2H])([2H])[2H])(C([2H])([2H])[2H])C([2H])([2H])C([2H])([2H])C5(C([2H])([2H])[2H])C([2H])([2H])[2H])cc32)c([2H])c1[2H].[Pt]. The summed E-state index contributed by atoms with van der Waals surface area (Å²) in [6, 6.07) is 21.6. The fourth-order valence-electron chi connectivity index (χ4n) is 8.92. The molecule has 3 aromatic heterocycles. The van der Waals surface area contributed by atoms with Crippen LogP contribution in [0.25, 0.3) is 83.4 Å². The van der Waals surface area contributed by atoms with E-state index in [9.17, 15) is 15.1 Å². The van der Waals surface area contributed by atoms with Crippen LogP contribution in [-0.4, -0.2) is 14.1 Å². The number of hydrogen-bond donors (Lipinski definition) is 0. The van der Waals surface area contributed by atoms with Crippen molar-refractivity contribution in [2.24, 2.45) is 0 Å². The zero-order valence-corrected chi connectivity index (χ0v) is 40.7. The number of ether oxygens (including phenoxy) is 1. The van der Waals surface area contributed by atoms with Crippen LogP contribution >= 0.6 is 0 Å². The van der Waals surface area contributed by atoms with Gasteiger partial charge < -0.3 is 13.9 Å². The average Bonchev–Trinajstić information content (AvgIpc) is 0.972. The van der Waals surface area contributed by atoms with E-state index in [0.717, 1.165) is 38.6 Å². The molecule has 72 heavy (non-hydrogen) atoms. The van der Waals surface area contributed by atoms with Gasteiger partial charge in [0.1, 0.15) is 5.82 Å². The summed E-state index contributed by atoms with van der Waals surface area (Å²) in [7, 11) is 0. The van der Waals surface area contributed by atoms with Crippen molar-refractivity contribution in [1.29, 1.82) is 0 Å². The Bertz CT molecular complexity index is 5120. The molecule has 0 spiro atoms. The zero-order valence-electron chi connectivity index (χ0n) is 67.4. The maximum absolute atomic E-state index is 10.1. The molecule has 0 atom stereocenters. The molecular weight excluding hydrogens is 1060 g/mol. The minimum absolute atomic E-state index is 0. The van der Waals surface area contributed by atoms with Crippen molar-refractivity contribution in [3.05, 3.63) is 223 Å². The van der Waals surface area contributed by atoms with Crippen LogP contribution in [0.1, 0.15) is 117 Å². The van der Waals surface area contributed by atoms with Crippen LogP contribution < -0.4 is 9.30 Å². The van der Waals surface area contributed by atoms with Crippen molar-refractivity contribution < 1.29 is 70.1 Å². The Hall–Kier alpha value is -7.33. The van der Waals surface area contributed by atoms with Crippen molar-refractivity contribution in [2.75, 3.05) is 0 Å². The number of rotatable bonds is 8. The molecule has 0 saturated heterocycles. The molecule has 12 rings (SSSR count). The summed E-state index contributed by atoms with van der Waals surface area (Å²) in [4.78, 5) is 4.76. The van der Waals surface area contributed by atoms with Crippen molar-refractivity contribution in [3.8, 4) is 62.1 Å². The third-order valence-electron chi connectivity index (χ3n) is 12.4. The molecule has 6 heteroatoms. The number of fused-ring (bicyclic) bond motifs is 5. The van der Waals surface area contributed by atoms with Gasteiger partial charge >= 0.3 is 0 Å². The van der Waals surface area contributed by atoms with Gasteiger partial charge in [-0.25, -0.2) is 4.98 Å². The first kappa shape index (κ1) is 24.4. The summed E-state index contributed by atoms with van der Waals surface area (Å²) in [5.74, 6) is 0.859. The fraction of sp³-hybridized carbons (Fsp3) is 0.182. The normalized spacial score (nSPS) is 22.0. The van der Waals surface area contributed by atoms with E-state index >= 15 is 0 Å². The van der Waals surface area contributed by atoms with E-state index in [1.807, 2.05) is 47.0 Å². The van der Waals surface area contributed by atoms with Crippen molar-refractivity contribution in [2.45, 2.75) is 77.2 Å². The van der Waals surface area contributed by atoms with E-state index in [0.29, 0.717) is 11.3 Å². The molecule has 0 unspecified atom stereocenters. The van der Waals surface area contributed by atoms with Gasteiger partial charge in [-0.05, 0) is 114 Å². The van der Waals surface area contributed by atoms with Crippen LogP contribution in [0.15, 0.2) is 188 Å². The van der Waals surface area contributed by atoms with Gasteiger partial charge in [-0.2, -0.15) is 18.2 Å². The third-order valence-corrected chi connectivity index (χ3v) is 12.4. The average molecular weight is 1150 g/mol. The van der Waals surface area contributed by atoms with E-state index < -0.39 is 163 Å². The molecule has 1 aliphatic rings. The number of pyridine rings is 1. The van der Waals surface area contributed by atoms with Gasteiger partial charge in [0, 0.05) is 66.2 Å². The first-order valence-corrected chi connectivity index (χ1v) is 22.3. The molecule has 1 aliphatic carbocycles. The molecular formula is C66H56N4OPt-2. The van der Waals surface area contributed by atoms with E-state index in [1.54, 1.807) is 24.4 Å². The van der Waals surface area contributed by atoms with Crippen LogP contribution in [0.5, 0.6) is 11.5 Å². The van der Waals surface area contributed by atoms with Gasteiger partial charge in [-0.15, -0.1) is 29.7 Å². The Labute approximate surface area is 478 Å². The number of nitrogens with zero attached hydrogens (tertiary/aromatic N) is 4. The fourth-order valence-corrected chi connectivity index (χ4v) is 8.92. The first-order valence-electron chi connectivity index (χ1n) is 36.8. The molecule has 8 aromatic carbocycles. The summed E-state index contributed by atoms with van der Waals surface area (Å²) < 4.78 is 273. The van der Waals surface area contributed by atoms with Crippen LogP contribution in [0.2, 0.25) is 0 Å². The Morgan fingerprint density at radius 2 is 1.35 bits per heavy atom. The molecule has 0 amide bonds. The molecule has 358 valence electrons. The Kier molecular flexibility index (Phi) is 6.12. The molecule has 0 fully saturated rings. The van der Waals surface area contributed by atoms with Crippen LogP contribution in [-0.2, 0) is 37.3 Å². The van der Waals surface area contributed by atoms with E-state index in [2.05, 4.69) is 39.2 Å². The molecule has 0 saturated carbocycles. The minimum Gasteiger partial charge on any atom is -0.510 e. The van der Waals surface area contributed by atoms with Crippen molar-refractivity contribution in [3.63, 3.8) is 0 Å². The van der Waals surface area contributed by atoms with Gasteiger partial charge in [-0.3, -0.25) is 4.57 Å². The number of aromatic nitrogens is 4. The third kappa shape index (κ3) is 8.28. The Balaban J connectivity index is 0.0000103. The van der Waals surface area contributed by atoms with Gasteiger partial charge in [0.05, 0.1) is 34.5 Å². The minimum atomic E-state index is -4.64. The molecule has 0 N–H and O–H groups in total. The van der Waals surface area contributed by atoms with Gasteiger partial charge in [0.25, 0.3) is 6.33 Å². The molecule has 0 aliphatic heterocycles. The van der Waals surface area contributed by atoms with Crippen LogP contribution in [0, 0.1) is 18.5 Å². The topological polar surface area (TPSA) is 35.9 Å². The molecule has 5 nitrogen and oxygen atoms in total. The van der Waals surface area contributed by atoms with E-state index in [4.69, 9.17) is 34.4 Å². The quantitative estimate of drug-likeness (QED) is 0.112. The second-order valence-corrected chi connectivity index (χ2v) is 18.0. The smallest absolute Gasteiger partial charge is 0.268 e. The predicted molar refractivity (Wildman–Crippen MR) is 290 cm³/mol. The Morgan fingerprint density at radius 1 is 0.653 bits per heavy atom. The van der Waals surface area contributed by atoms with Gasteiger partial charge in [0.15, 0.2) is 0 Å². The van der Waals surface area contributed by atoms with Gasteiger partial charge in [0.2, 0.25) is 0 Å². The monoisotopic (exact) mass is 1140 g/mol. The number of imidazole rings is 1. The standard InChI is InChI=1S/C66H56N4O.Pt/c1-64(2,3)48-34-37-67-62(40-48)70-58-27-15-14-24-54(58)55-31-30-51(42-60(55)70)71-50-23-16-22-49(41-50)68-43-69(63-52(44-18-10-8-11-19-44)25-17-26-53(63)45-20-12-9-13-21-45)61-39-47(29-33-59(61)68)46-28-32-56-57(38-46)66(6,7)36-35-65(56,4)5;/h8-34,37-40H,35-36H2,1-7H3;/q-2;/i4D3,5D3,6D3,7D3,8D,9D,10D,11D,12D,13D,18D,19D,20D,21D,28D,32D,35D2,36D2,38D;. The predicted octanol–water partition coefficient (Wildman–Crippen LogP) is 16.2. The Morgan fingerprint density at radius 3 is 2.07 bits per heavy atom. The van der Waals surface area contributed by atoms with Crippen LogP contribution in [0.4, 0.5) is 0 Å². The van der Waals surface area contributed by atoms with Crippen molar-refractivity contribution in [1.82, 2.24) is 14.1 Å². The van der Waals surface area contributed by atoms with Gasteiger partial charge in [-0.1, -0.05) is 181 Å². The van der Waals surface area contributed by atoms with Crippen molar-refractivity contribution >= 4 is 32.8 Å². The van der Waals surface area contributed by atoms with Crippen LogP contribution in [0.3, 0.4) is 0 Å². The maximum Gasteiger partial charge on any atom is 0.268 e. The summed E-state index contributed by atoms with van der Waals surface area (Å²) >= 11 is 0. The molecule has 0 bridgehead atoms. The molecule has 11 aromatic rings. The summed E-state index contributed by atoms with van der Waals surface area (Å²) in [5.41, 5.74) is -13.6. The number of benzene rings is 8. The largest absolute Gasteiger partial charge is 0.510 e. The zero-order chi connectivity index (χ0) is 73.5. The summed E-state index contributed by atoms with van der Waals surface area (Å²) in [5, 5.41) is 1.71. The second kappa shape index (κ2) is 18.1. The summed E-state index contributed by atoms with van der Waals surface area (Å²) in [6.07, 6.45) is -4.34. The second-order valence-electron chi connectivity index (χ2n) is 18.0. The van der Waals surface area contributed by atoms with E-state index in [-0.39, 0.29) is 71.5 Å². The molecule has 0 radical (unpaired) electrons. The first-order chi connectivity index (χ1) is 46.3. The van der Waals surface area contributed by atoms with E-state index in [1.165, 1.54) is 34.9 Å². The number of para-hydroxylation sites is 2. The molecule has 3 heterocycles.